The highest BCUT2D eigenvalue weighted by Crippen LogP contribution is 2.33. The van der Waals surface area contributed by atoms with E-state index in [9.17, 15) is 4.79 Å². The lowest BCUT2D eigenvalue weighted by Gasteiger charge is -2.39. The molecular weight excluding hydrogens is 356 g/mol. The third-order valence-electron chi connectivity index (χ3n) is 4.41. The van der Waals surface area contributed by atoms with Gasteiger partial charge in [0.05, 0.1) is 24.5 Å². The van der Waals surface area contributed by atoms with Crippen molar-refractivity contribution in [1.82, 2.24) is 10.2 Å². The minimum absolute atomic E-state index is 0.0141. The fraction of sp³-hybridized carbons (Fsp3) is 0.389. The third kappa shape index (κ3) is 3.73. The fourth-order valence-corrected chi connectivity index (χ4v) is 3.36. The van der Waals surface area contributed by atoms with Gasteiger partial charge in [-0.15, -0.1) is 10.2 Å². The van der Waals surface area contributed by atoms with E-state index < -0.39 is 0 Å². The first-order valence-electron chi connectivity index (χ1n) is 8.27. The lowest BCUT2D eigenvalue weighted by atomic mass is 9.98. The number of benzene rings is 1. The van der Waals surface area contributed by atoms with E-state index in [0.29, 0.717) is 29.6 Å². The van der Waals surface area contributed by atoms with Gasteiger partial charge in [-0.1, -0.05) is 17.7 Å². The van der Waals surface area contributed by atoms with Crippen LogP contribution in [-0.4, -0.2) is 42.5 Å². The van der Waals surface area contributed by atoms with E-state index in [4.69, 9.17) is 26.8 Å². The van der Waals surface area contributed by atoms with E-state index in [0.717, 1.165) is 16.8 Å². The Balaban J connectivity index is 1.89. The molecule has 0 spiro atoms. The molecule has 1 aliphatic heterocycles. The molecule has 0 saturated carbocycles. The van der Waals surface area contributed by atoms with Gasteiger partial charge in [-0.25, -0.2) is 4.79 Å². The lowest BCUT2D eigenvalue weighted by molar-refractivity contribution is -0.0176. The predicted molar refractivity (Wildman–Crippen MR) is 99.5 cm³/mol. The van der Waals surface area contributed by atoms with Crippen LogP contribution in [0.3, 0.4) is 0 Å². The minimum atomic E-state index is -0.357. The molecule has 1 saturated heterocycles. The summed E-state index contributed by atoms with van der Waals surface area (Å²) in [5, 5.41) is 7.96. The smallest absolute Gasteiger partial charge is 0.337 e. The van der Waals surface area contributed by atoms with Crippen LogP contribution in [0.5, 0.6) is 0 Å². The molecule has 1 aromatic carbocycles. The summed E-state index contributed by atoms with van der Waals surface area (Å²) in [5.41, 5.74) is 9.22. The number of hydrogen-bond donors (Lipinski definition) is 1. The quantitative estimate of drug-likeness (QED) is 0.823. The molecule has 138 valence electrons. The summed E-state index contributed by atoms with van der Waals surface area (Å²) in [7, 11) is 1.37. The van der Waals surface area contributed by atoms with Gasteiger partial charge in [0.1, 0.15) is 6.10 Å². The van der Waals surface area contributed by atoms with Gasteiger partial charge in [-0.2, -0.15) is 0 Å². The van der Waals surface area contributed by atoms with Crippen LogP contribution in [0.4, 0.5) is 11.5 Å². The van der Waals surface area contributed by atoms with Gasteiger partial charge < -0.3 is 20.1 Å². The second kappa shape index (κ2) is 7.47. The second-order valence-corrected chi connectivity index (χ2v) is 6.73. The number of aryl methyl sites for hydroxylation is 1. The topological polar surface area (TPSA) is 90.6 Å². The highest BCUT2D eigenvalue weighted by molar-refractivity contribution is 6.29. The zero-order chi connectivity index (χ0) is 18.8. The summed E-state index contributed by atoms with van der Waals surface area (Å²) in [4.78, 5) is 13.8. The van der Waals surface area contributed by atoms with E-state index in [1.807, 2.05) is 26.0 Å². The van der Waals surface area contributed by atoms with Crippen LogP contribution in [0.15, 0.2) is 24.3 Å². The zero-order valence-electron chi connectivity index (χ0n) is 14.9. The normalized spacial score (nSPS) is 20.1. The number of anilines is 2. The Bertz CT molecular complexity index is 830. The number of aromatic nitrogens is 2. The molecule has 0 bridgehead atoms. The van der Waals surface area contributed by atoms with Crippen molar-refractivity contribution in [3.8, 4) is 0 Å². The molecule has 1 fully saturated rings. The van der Waals surface area contributed by atoms with Crippen LogP contribution < -0.4 is 10.6 Å². The number of esters is 1. The molecule has 2 N–H and O–H groups in total. The molecule has 1 aromatic heterocycles. The molecule has 1 aliphatic rings. The van der Waals surface area contributed by atoms with Gasteiger partial charge in [0.25, 0.3) is 0 Å². The van der Waals surface area contributed by atoms with E-state index >= 15 is 0 Å². The lowest BCUT2D eigenvalue weighted by Crippen LogP contribution is -2.43. The number of rotatable bonds is 3. The highest BCUT2D eigenvalue weighted by atomic mass is 35.5. The van der Waals surface area contributed by atoms with E-state index in [-0.39, 0.29) is 18.2 Å². The molecule has 2 atom stereocenters. The van der Waals surface area contributed by atoms with Crippen LogP contribution >= 0.6 is 11.6 Å². The van der Waals surface area contributed by atoms with E-state index in [2.05, 4.69) is 15.1 Å². The van der Waals surface area contributed by atoms with Crippen LogP contribution in [-0.2, 0) is 9.47 Å². The number of nitrogen functional groups attached to an aromatic ring is 1. The molecule has 8 heteroatoms. The Labute approximate surface area is 157 Å². The maximum absolute atomic E-state index is 11.7. The fourth-order valence-electron chi connectivity index (χ4n) is 3.22. The van der Waals surface area contributed by atoms with Gasteiger partial charge in [-0.3, -0.25) is 0 Å². The van der Waals surface area contributed by atoms with Crippen molar-refractivity contribution in [2.45, 2.75) is 26.1 Å². The van der Waals surface area contributed by atoms with Gasteiger partial charge >= 0.3 is 5.97 Å². The second-order valence-electron chi connectivity index (χ2n) is 6.34. The maximum Gasteiger partial charge on any atom is 0.337 e. The molecule has 0 radical (unpaired) electrons. The van der Waals surface area contributed by atoms with E-state index in [1.165, 1.54) is 7.11 Å². The van der Waals surface area contributed by atoms with Crippen molar-refractivity contribution in [1.29, 1.82) is 0 Å². The van der Waals surface area contributed by atoms with Crippen LogP contribution in [0.1, 0.15) is 34.5 Å². The predicted octanol–water partition coefficient (Wildman–Crippen LogP) is 2.77. The monoisotopic (exact) mass is 376 g/mol. The summed E-state index contributed by atoms with van der Waals surface area (Å²) in [6, 6.07) is 7.18. The third-order valence-corrected chi connectivity index (χ3v) is 4.59. The summed E-state index contributed by atoms with van der Waals surface area (Å²) >= 11 is 5.98. The van der Waals surface area contributed by atoms with Gasteiger partial charge in [0, 0.05) is 19.2 Å². The number of nitrogens with zero attached hydrogens (tertiary/aromatic N) is 3. The Morgan fingerprint density at radius 2 is 2.12 bits per heavy atom. The van der Waals surface area contributed by atoms with Crippen molar-refractivity contribution >= 4 is 29.1 Å². The molecule has 2 aromatic rings. The molecule has 2 heterocycles. The standard InChI is InChI=1S/C18H21ClN4O3/c1-10-6-12(18(24)25-3)4-5-13(10)15-9-23(8-11(2)26-15)14-7-16(19)21-22-17(14)20/h4-7,11,15H,8-9H2,1-3H3,(H2,20,22)/t11-,15+/m0/s1. The number of carbonyl (C=O) groups excluding carboxylic acids is 1. The van der Waals surface area contributed by atoms with Crippen molar-refractivity contribution in [3.05, 3.63) is 46.1 Å². The number of nitrogens with two attached hydrogens (primary N) is 1. The van der Waals surface area contributed by atoms with Crippen molar-refractivity contribution in [2.75, 3.05) is 30.8 Å². The molecule has 0 amide bonds. The van der Waals surface area contributed by atoms with Crippen molar-refractivity contribution in [2.24, 2.45) is 0 Å². The first kappa shape index (κ1) is 18.4. The number of hydrogen-bond acceptors (Lipinski definition) is 7. The van der Waals surface area contributed by atoms with Gasteiger partial charge in [-0.05, 0) is 37.1 Å². The maximum atomic E-state index is 11.7. The van der Waals surface area contributed by atoms with Crippen molar-refractivity contribution < 1.29 is 14.3 Å². The molecular formula is C18H21ClN4O3. The molecule has 0 aliphatic carbocycles. The Morgan fingerprint density at radius 3 is 2.81 bits per heavy atom. The Morgan fingerprint density at radius 1 is 1.35 bits per heavy atom. The largest absolute Gasteiger partial charge is 0.465 e. The number of halogens is 1. The number of morpholine rings is 1. The highest BCUT2D eigenvalue weighted by Gasteiger charge is 2.29. The van der Waals surface area contributed by atoms with Gasteiger partial charge in [0.15, 0.2) is 11.0 Å². The molecule has 0 unspecified atom stereocenters. The van der Waals surface area contributed by atoms with Gasteiger partial charge in [0.2, 0.25) is 0 Å². The molecule has 26 heavy (non-hydrogen) atoms. The number of methoxy groups -OCH3 is 1. The van der Waals surface area contributed by atoms with Crippen LogP contribution in [0, 0.1) is 6.92 Å². The van der Waals surface area contributed by atoms with Crippen molar-refractivity contribution in [3.63, 3.8) is 0 Å². The number of carbonyl (C=O) groups is 1. The Kier molecular flexibility index (Phi) is 5.29. The average molecular weight is 377 g/mol. The van der Waals surface area contributed by atoms with Crippen LogP contribution in [0.2, 0.25) is 5.15 Å². The molecule has 3 rings (SSSR count). The first-order chi connectivity index (χ1) is 12.4. The first-order valence-corrected chi connectivity index (χ1v) is 8.64. The molecule has 7 nitrogen and oxygen atoms in total. The zero-order valence-corrected chi connectivity index (χ0v) is 15.7. The average Bonchev–Trinajstić information content (AvgIpc) is 2.62. The Hall–Kier alpha value is -2.38. The van der Waals surface area contributed by atoms with E-state index in [1.54, 1.807) is 12.1 Å². The van der Waals surface area contributed by atoms with Crippen LogP contribution in [0.25, 0.3) is 0 Å². The SMILES string of the molecule is COC(=O)c1ccc([C@H]2CN(c3cc(Cl)nnc3N)C[C@H](C)O2)c(C)c1. The summed E-state index contributed by atoms with van der Waals surface area (Å²) in [6.07, 6.45) is -0.184. The summed E-state index contributed by atoms with van der Waals surface area (Å²) in [6.45, 7) is 5.22. The summed E-state index contributed by atoms with van der Waals surface area (Å²) < 4.78 is 10.9. The summed E-state index contributed by atoms with van der Waals surface area (Å²) in [5.74, 6) is -0.0236. The number of ether oxygens (including phenoxy) is 2. The minimum Gasteiger partial charge on any atom is -0.465 e.